The summed E-state index contributed by atoms with van der Waals surface area (Å²) in [4.78, 5) is 10.9. The Hall–Kier alpha value is -3.02. The van der Waals surface area contributed by atoms with E-state index >= 15 is 0 Å². The predicted molar refractivity (Wildman–Crippen MR) is 72.1 cm³/mol. The Morgan fingerprint density at radius 1 is 1.00 bits per heavy atom. The molecule has 0 spiro atoms. The second-order valence-electron chi connectivity index (χ2n) is 4.31. The maximum Gasteiger partial charge on any atom is 0.335 e. The maximum atomic E-state index is 12.9. The first-order chi connectivity index (χ1) is 10.1. The third-order valence-electron chi connectivity index (χ3n) is 2.87. The minimum atomic E-state index is -1.03. The van der Waals surface area contributed by atoms with Gasteiger partial charge in [-0.15, -0.1) is 10.2 Å². The van der Waals surface area contributed by atoms with Crippen molar-refractivity contribution >= 4 is 5.97 Å². The molecule has 0 atom stereocenters. The summed E-state index contributed by atoms with van der Waals surface area (Å²) in [6, 6.07) is 11.8. The largest absolute Gasteiger partial charge is 0.478 e. The average molecular weight is 284 g/mol. The highest BCUT2D eigenvalue weighted by Gasteiger charge is 2.12. The van der Waals surface area contributed by atoms with Gasteiger partial charge in [0.15, 0.2) is 0 Å². The van der Waals surface area contributed by atoms with Crippen LogP contribution in [0, 0.1) is 5.82 Å². The highest BCUT2D eigenvalue weighted by Crippen LogP contribution is 2.24. The summed E-state index contributed by atoms with van der Waals surface area (Å²) in [6.45, 7) is 0. The highest BCUT2D eigenvalue weighted by atomic mass is 19.1. The Kier molecular flexibility index (Phi) is 3.19. The van der Waals surface area contributed by atoms with Crippen LogP contribution in [0.25, 0.3) is 22.9 Å². The van der Waals surface area contributed by atoms with Gasteiger partial charge in [0.05, 0.1) is 5.56 Å². The monoisotopic (exact) mass is 284 g/mol. The molecule has 0 radical (unpaired) electrons. The summed E-state index contributed by atoms with van der Waals surface area (Å²) in [7, 11) is 0. The van der Waals surface area contributed by atoms with Gasteiger partial charge in [0, 0.05) is 11.1 Å². The SMILES string of the molecule is O=C(O)c1cccc(-c2nnc(-c3ccc(F)cc3)o2)c1. The van der Waals surface area contributed by atoms with Gasteiger partial charge in [0.25, 0.3) is 0 Å². The molecule has 0 amide bonds. The second-order valence-corrected chi connectivity index (χ2v) is 4.31. The Balaban J connectivity index is 1.96. The number of hydrogen-bond acceptors (Lipinski definition) is 4. The zero-order valence-electron chi connectivity index (χ0n) is 10.7. The molecule has 2 aromatic carbocycles. The van der Waals surface area contributed by atoms with Crippen molar-refractivity contribution in [3.05, 3.63) is 59.9 Å². The third-order valence-corrected chi connectivity index (χ3v) is 2.87. The molecule has 6 heteroatoms. The highest BCUT2D eigenvalue weighted by molar-refractivity contribution is 5.88. The van der Waals surface area contributed by atoms with Crippen LogP contribution in [0.4, 0.5) is 4.39 Å². The number of nitrogens with zero attached hydrogens (tertiary/aromatic N) is 2. The van der Waals surface area contributed by atoms with Crippen LogP contribution in [0.5, 0.6) is 0 Å². The lowest BCUT2D eigenvalue weighted by atomic mass is 10.1. The van der Waals surface area contributed by atoms with E-state index in [2.05, 4.69) is 10.2 Å². The molecule has 1 N–H and O–H groups in total. The molecular weight excluding hydrogens is 275 g/mol. The summed E-state index contributed by atoms with van der Waals surface area (Å²) in [5.41, 5.74) is 1.23. The summed E-state index contributed by atoms with van der Waals surface area (Å²) in [5.74, 6) is -0.939. The summed E-state index contributed by atoms with van der Waals surface area (Å²) in [5, 5.41) is 16.7. The lowest BCUT2D eigenvalue weighted by molar-refractivity contribution is 0.0697. The molecule has 0 saturated carbocycles. The molecule has 1 heterocycles. The first-order valence-corrected chi connectivity index (χ1v) is 6.06. The number of hydrogen-bond donors (Lipinski definition) is 1. The topological polar surface area (TPSA) is 76.2 Å². The van der Waals surface area contributed by atoms with Crippen molar-refractivity contribution in [3.63, 3.8) is 0 Å². The van der Waals surface area contributed by atoms with Crippen LogP contribution < -0.4 is 0 Å². The normalized spacial score (nSPS) is 10.5. The smallest absolute Gasteiger partial charge is 0.335 e. The third kappa shape index (κ3) is 2.64. The zero-order chi connectivity index (χ0) is 14.8. The summed E-state index contributed by atoms with van der Waals surface area (Å²) < 4.78 is 18.4. The van der Waals surface area contributed by atoms with Crippen LogP contribution in [-0.4, -0.2) is 21.3 Å². The molecule has 104 valence electrons. The van der Waals surface area contributed by atoms with Gasteiger partial charge in [0.2, 0.25) is 11.8 Å². The Bertz CT molecular complexity index is 797. The van der Waals surface area contributed by atoms with Crippen molar-refractivity contribution in [1.29, 1.82) is 0 Å². The fraction of sp³-hybridized carbons (Fsp3) is 0. The van der Waals surface area contributed by atoms with E-state index < -0.39 is 5.97 Å². The van der Waals surface area contributed by atoms with E-state index in [1.165, 1.54) is 36.4 Å². The van der Waals surface area contributed by atoms with Crippen molar-refractivity contribution in [1.82, 2.24) is 10.2 Å². The van der Waals surface area contributed by atoms with Gasteiger partial charge in [-0.3, -0.25) is 0 Å². The first-order valence-electron chi connectivity index (χ1n) is 6.06. The Labute approximate surface area is 118 Å². The van der Waals surface area contributed by atoms with Gasteiger partial charge in [-0.05, 0) is 42.5 Å². The second kappa shape index (κ2) is 5.16. The summed E-state index contributed by atoms with van der Waals surface area (Å²) in [6.07, 6.45) is 0. The Morgan fingerprint density at radius 2 is 1.67 bits per heavy atom. The number of carbonyl (C=O) groups is 1. The molecule has 0 bridgehead atoms. The van der Waals surface area contributed by atoms with Crippen LogP contribution >= 0.6 is 0 Å². The fourth-order valence-electron chi connectivity index (χ4n) is 1.83. The molecule has 0 unspecified atom stereocenters. The van der Waals surface area contributed by atoms with E-state index in [-0.39, 0.29) is 23.2 Å². The molecule has 1 aromatic heterocycles. The number of benzene rings is 2. The van der Waals surface area contributed by atoms with Crippen LogP contribution in [0.1, 0.15) is 10.4 Å². The molecule has 3 aromatic rings. The van der Waals surface area contributed by atoms with Crippen molar-refractivity contribution < 1.29 is 18.7 Å². The van der Waals surface area contributed by atoms with E-state index in [4.69, 9.17) is 9.52 Å². The first kappa shape index (κ1) is 13.0. The van der Waals surface area contributed by atoms with Crippen LogP contribution in [-0.2, 0) is 0 Å². The Morgan fingerprint density at radius 3 is 2.33 bits per heavy atom. The van der Waals surface area contributed by atoms with E-state index in [0.717, 1.165) is 0 Å². The van der Waals surface area contributed by atoms with Crippen LogP contribution in [0.2, 0.25) is 0 Å². The number of aromatic carboxylic acids is 1. The molecule has 0 aliphatic rings. The lowest BCUT2D eigenvalue weighted by Gasteiger charge is -1.97. The molecular formula is C15H9FN2O3. The number of carboxylic acid groups (broad SMARTS) is 1. The van der Waals surface area contributed by atoms with Gasteiger partial charge in [0.1, 0.15) is 5.82 Å². The molecule has 0 aliphatic carbocycles. The molecule has 0 aliphatic heterocycles. The number of halogens is 1. The van der Waals surface area contributed by atoms with E-state index in [1.54, 1.807) is 12.1 Å². The van der Waals surface area contributed by atoms with Crippen molar-refractivity contribution in [2.24, 2.45) is 0 Å². The van der Waals surface area contributed by atoms with Gasteiger partial charge in [-0.25, -0.2) is 9.18 Å². The van der Waals surface area contributed by atoms with E-state index in [1.807, 2.05) is 0 Å². The van der Waals surface area contributed by atoms with Crippen LogP contribution in [0.3, 0.4) is 0 Å². The van der Waals surface area contributed by atoms with E-state index in [9.17, 15) is 9.18 Å². The molecule has 3 rings (SSSR count). The molecule has 21 heavy (non-hydrogen) atoms. The van der Waals surface area contributed by atoms with Crippen molar-refractivity contribution in [2.75, 3.05) is 0 Å². The predicted octanol–water partition coefficient (Wildman–Crippen LogP) is 3.24. The molecule has 0 fully saturated rings. The zero-order valence-corrected chi connectivity index (χ0v) is 10.7. The van der Waals surface area contributed by atoms with Gasteiger partial charge in [-0.1, -0.05) is 6.07 Å². The molecule has 0 saturated heterocycles. The van der Waals surface area contributed by atoms with Crippen LogP contribution in [0.15, 0.2) is 52.9 Å². The molecule has 5 nitrogen and oxygen atoms in total. The minimum absolute atomic E-state index is 0.133. The van der Waals surface area contributed by atoms with Gasteiger partial charge >= 0.3 is 5.97 Å². The standard InChI is InChI=1S/C15H9FN2O3/c16-12-6-4-9(5-7-12)13-17-18-14(21-13)10-2-1-3-11(8-10)15(19)20/h1-8H,(H,19,20). The number of carboxylic acids is 1. The van der Waals surface area contributed by atoms with Crippen molar-refractivity contribution in [2.45, 2.75) is 0 Å². The van der Waals surface area contributed by atoms with E-state index in [0.29, 0.717) is 11.1 Å². The van der Waals surface area contributed by atoms with Gasteiger partial charge < -0.3 is 9.52 Å². The van der Waals surface area contributed by atoms with Crippen molar-refractivity contribution in [3.8, 4) is 22.9 Å². The maximum absolute atomic E-state index is 12.9. The number of aromatic nitrogens is 2. The minimum Gasteiger partial charge on any atom is -0.478 e. The summed E-state index contributed by atoms with van der Waals surface area (Å²) >= 11 is 0. The average Bonchev–Trinajstić information content (AvgIpc) is 2.98. The quantitative estimate of drug-likeness (QED) is 0.799. The lowest BCUT2D eigenvalue weighted by Crippen LogP contribution is -1.95. The fourth-order valence-corrected chi connectivity index (χ4v) is 1.83. The number of rotatable bonds is 3. The van der Waals surface area contributed by atoms with Gasteiger partial charge in [-0.2, -0.15) is 0 Å².